The largest absolute Gasteiger partial charge is 0.471 e. The van der Waals surface area contributed by atoms with Crippen LogP contribution in [0.4, 0.5) is 17.6 Å². The van der Waals surface area contributed by atoms with E-state index in [1.165, 1.54) is 25.3 Å². The summed E-state index contributed by atoms with van der Waals surface area (Å²) in [6.07, 6.45) is -4.68. The van der Waals surface area contributed by atoms with Crippen LogP contribution in [0.2, 0.25) is 15.1 Å². The molecule has 0 aliphatic heterocycles. The Bertz CT molecular complexity index is 1160. The van der Waals surface area contributed by atoms with Crippen molar-refractivity contribution in [3.63, 3.8) is 0 Å². The van der Waals surface area contributed by atoms with Crippen LogP contribution in [0, 0.1) is 5.82 Å². The highest BCUT2D eigenvalue weighted by Gasteiger charge is 2.38. The predicted molar refractivity (Wildman–Crippen MR) is 113 cm³/mol. The lowest BCUT2D eigenvalue weighted by Gasteiger charge is -2.27. The number of rotatable bonds is 6. The van der Waals surface area contributed by atoms with Crippen LogP contribution in [0.1, 0.15) is 28.7 Å². The van der Waals surface area contributed by atoms with Gasteiger partial charge in [0.1, 0.15) is 5.82 Å². The van der Waals surface area contributed by atoms with Gasteiger partial charge in [-0.05, 0) is 43.2 Å². The Labute approximate surface area is 199 Å². The summed E-state index contributed by atoms with van der Waals surface area (Å²) in [7, 11) is 1.23. The maximum atomic E-state index is 14.7. The minimum atomic E-state index is -4.84. The van der Waals surface area contributed by atoms with E-state index in [4.69, 9.17) is 39.6 Å². The van der Waals surface area contributed by atoms with Gasteiger partial charge in [0, 0.05) is 20.6 Å². The molecule has 6 nitrogen and oxygen atoms in total. The predicted octanol–water partition coefficient (Wildman–Crippen LogP) is 6.49. The molecule has 13 heteroatoms. The highest BCUT2D eigenvalue weighted by atomic mass is 35.5. The van der Waals surface area contributed by atoms with Crippen molar-refractivity contribution >= 4 is 40.7 Å². The van der Waals surface area contributed by atoms with Crippen molar-refractivity contribution < 1.29 is 31.7 Å². The van der Waals surface area contributed by atoms with Crippen molar-refractivity contribution in [3.05, 3.63) is 68.2 Å². The highest BCUT2D eigenvalue weighted by molar-refractivity contribution is 6.39. The first-order chi connectivity index (χ1) is 15.4. The van der Waals surface area contributed by atoms with E-state index in [0.29, 0.717) is 10.6 Å². The van der Waals surface area contributed by atoms with E-state index in [1.807, 2.05) is 0 Å². The molecule has 0 aliphatic rings. The zero-order valence-corrected chi connectivity index (χ0v) is 19.2. The SMILES string of the molecule is CON(C(=O)c1ccc(-c2noc(C(F)(F)F)n2)cc1F)C(C)Cc1c(Cl)cc(Cl)cc1Cl. The quantitative estimate of drug-likeness (QED) is 0.271. The number of carbonyl (C=O) groups is 1. The molecule has 176 valence electrons. The Morgan fingerprint density at radius 2 is 1.82 bits per heavy atom. The van der Waals surface area contributed by atoms with E-state index in [9.17, 15) is 22.4 Å². The van der Waals surface area contributed by atoms with Gasteiger partial charge in [0.25, 0.3) is 5.91 Å². The molecule has 2 aromatic carbocycles. The summed E-state index contributed by atoms with van der Waals surface area (Å²) < 4.78 is 56.8. The van der Waals surface area contributed by atoms with Crippen LogP contribution in [-0.2, 0) is 17.4 Å². The highest BCUT2D eigenvalue weighted by Crippen LogP contribution is 2.32. The van der Waals surface area contributed by atoms with Gasteiger partial charge >= 0.3 is 12.1 Å². The van der Waals surface area contributed by atoms with Crippen molar-refractivity contribution in [2.24, 2.45) is 0 Å². The standard InChI is InChI=1S/C20H14Cl3F4N3O3/c1-9(5-13-14(22)7-11(21)8-15(13)23)30(32-2)18(31)12-4-3-10(6-16(12)24)17-28-19(33-29-17)20(25,26)27/h3-4,6-9H,5H2,1-2H3. The fraction of sp³-hybridized carbons (Fsp3) is 0.250. The minimum absolute atomic E-state index is 0.111. The topological polar surface area (TPSA) is 68.5 Å². The van der Waals surface area contributed by atoms with Gasteiger partial charge in [0.2, 0.25) is 5.82 Å². The van der Waals surface area contributed by atoms with Crippen LogP contribution in [0.3, 0.4) is 0 Å². The summed E-state index contributed by atoms with van der Waals surface area (Å²) in [5.41, 5.74) is 0.0128. The molecule has 0 saturated heterocycles. The van der Waals surface area contributed by atoms with Crippen molar-refractivity contribution in [2.45, 2.75) is 25.6 Å². The van der Waals surface area contributed by atoms with E-state index in [-0.39, 0.29) is 27.6 Å². The number of halogens is 7. The Morgan fingerprint density at radius 3 is 2.33 bits per heavy atom. The van der Waals surface area contributed by atoms with E-state index in [0.717, 1.165) is 17.2 Å². The minimum Gasteiger partial charge on any atom is -0.329 e. The van der Waals surface area contributed by atoms with Crippen LogP contribution >= 0.6 is 34.8 Å². The molecule has 1 unspecified atom stereocenters. The van der Waals surface area contributed by atoms with Crippen LogP contribution in [0.5, 0.6) is 0 Å². The maximum Gasteiger partial charge on any atom is 0.471 e. The lowest BCUT2D eigenvalue weighted by Crippen LogP contribution is -2.39. The normalized spacial score (nSPS) is 12.6. The third-order valence-corrected chi connectivity index (χ3v) is 5.42. The van der Waals surface area contributed by atoms with E-state index < -0.39 is 35.7 Å². The van der Waals surface area contributed by atoms with Crippen molar-refractivity contribution in [3.8, 4) is 11.4 Å². The molecule has 0 saturated carbocycles. The van der Waals surface area contributed by atoms with Crippen molar-refractivity contribution in [1.29, 1.82) is 0 Å². The number of benzene rings is 2. The van der Waals surface area contributed by atoms with Gasteiger partial charge in [-0.3, -0.25) is 9.63 Å². The van der Waals surface area contributed by atoms with Gasteiger partial charge in [-0.2, -0.15) is 18.2 Å². The average Bonchev–Trinajstić information content (AvgIpc) is 3.22. The van der Waals surface area contributed by atoms with Crippen molar-refractivity contribution in [2.75, 3.05) is 7.11 Å². The molecule has 1 amide bonds. The molecule has 0 spiro atoms. The fourth-order valence-electron chi connectivity index (χ4n) is 3.01. The number of nitrogens with zero attached hydrogens (tertiary/aromatic N) is 3. The molecule has 0 N–H and O–H groups in total. The molecule has 3 rings (SSSR count). The van der Waals surface area contributed by atoms with Crippen LogP contribution in [0.25, 0.3) is 11.4 Å². The summed E-state index contributed by atoms with van der Waals surface area (Å²) in [6.45, 7) is 1.63. The number of hydrogen-bond acceptors (Lipinski definition) is 5. The number of amides is 1. The monoisotopic (exact) mass is 525 g/mol. The lowest BCUT2D eigenvalue weighted by atomic mass is 10.1. The second-order valence-corrected chi connectivity index (χ2v) is 8.08. The Kier molecular flexibility index (Phi) is 7.52. The number of alkyl halides is 3. The summed E-state index contributed by atoms with van der Waals surface area (Å²) in [6, 6.07) is 5.45. The second-order valence-electron chi connectivity index (χ2n) is 6.83. The zero-order chi connectivity index (χ0) is 24.5. The molecule has 1 atom stereocenters. The van der Waals surface area contributed by atoms with Gasteiger partial charge in [0.15, 0.2) is 0 Å². The Hall–Kier alpha value is -2.40. The number of aromatic nitrogens is 2. The zero-order valence-electron chi connectivity index (χ0n) is 16.9. The molecule has 1 heterocycles. The van der Waals surface area contributed by atoms with Crippen LogP contribution < -0.4 is 0 Å². The number of carbonyl (C=O) groups excluding carboxylic acids is 1. The summed E-state index contributed by atoms with van der Waals surface area (Å²) >= 11 is 18.3. The summed E-state index contributed by atoms with van der Waals surface area (Å²) in [5.74, 6) is -3.91. The first-order valence-corrected chi connectivity index (χ1v) is 10.3. The third kappa shape index (κ3) is 5.57. The van der Waals surface area contributed by atoms with Crippen molar-refractivity contribution in [1.82, 2.24) is 15.2 Å². The molecular weight excluding hydrogens is 513 g/mol. The van der Waals surface area contributed by atoms with Crippen LogP contribution in [0.15, 0.2) is 34.9 Å². The van der Waals surface area contributed by atoms with Gasteiger partial charge in [0.05, 0.1) is 18.7 Å². The van der Waals surface area contributed by atoms with E-state index in [1.54, 1.807) is 6.92 Å². The van der Waals surface area contributed by atoms with E-state index >= 15 is 0 Å². The summed E-state index contributed by atoms with van der Waals surface area (Å²) in [4.78, 5) is 21.3. The van der Waals surface area contributed by atoms with Gasteiger partial charge < -0.3 is 4.52 Å². The molecule has 33 heavy (non-hydrogen) atoms. The van der Waals surface area contributed by atoms with Gasteiger partial charge in [-0.25, -0.2) is 9.45 Å². The molecule has 0 fully saturated rings. The lowest BCUT2D eigenvalue weighted by molar-refractivity contribution is -0.159. The molecule has 0 bridgehead atoms. The molecular formula is C20H14Cl3F4N3O3. The third-order valence-electron chi connectivity index (χ3n) is 4.53. The molecule has 1 aromatic heterocycles. The average molecular weight is 527 g/mol. The smallest absolute Gasteiger partial charge is 0.329 e. The Balaban J connectivity index is 1.83. The van der Waals surface area contributed by atoms with Gasteiger partial charge in [-0.15, -0.1) is 0 Å². The molecule has 0 radical (unpaired) electrons. The molecule has 0 aliphatic carbocycles. The van der Waals surface area contributed by atoms with Crippen LogP contribution in [-0.4, -0.2) is 34.3 Å². The molecule has 3 aromatic rings. The van der Waals surface area contributed by atoms with Gasteiger partial charge in [-0.1, -0.05) is 46.0 Å². The number of hydroxylamine groups is 2. The summed E-state index contributed by atoms with van der Waals surface area (Å²) in [5, 5.41) is 5.03. The first kappa shape index (κ1) is 25.2. The van der Waals surface area contributed by atoms with E-state index in [2.05, 4.69) is 14.7 Å². The Morgan fingerprint density at radius 1 is 1.18 bits per heavy atom. The fourth-order valence-corrected chi connectivity index (χ4v) is 3.98. The first-order valence-electron chi connectivity index (χ1n) is 9.14. The maximum absolute atomic E-state index is 14.7. The second kappa shape index (κ2) is 9.84. The number of hydrogen-bond donors (Lipinski definition) is 0.